The van der Waals surface area contributed by atoms with Gasteiger partial charge in [-0.25, -0.2) is 9.67 Å². The predicted octanol–water partition coefficient (Wildman–Crippen LogP) is 2.87. The van der Waals surface area contributed by atoms with Crippen molar-refractivity contribution in [3.8, 4) is 5.82 Å². The molecule has 0 aliphatic heterocycles. The number of nitrogens with zero attached hydrogens (tertiary/aromatic N) is 4. The molecule has 2 heterocycles. The summed E-state index contributed by atoms with van der Waals surface area (Å²) in [5.41, 5.74) is 0.945. The van der Waals surface area contributed by atoms with E-state index in [9.17, 15) is 10.1 Å². The quantitative estimate of drug-likeness (QED) is 0.652. The number of anilines is 1. The standard InChI is InChI=1S/C14H17N5O2/c1-2-8-15-13-6-5-12(19(20)21)14(16-13)18-9-7-11(17-18)10-3-4-10/h5-7,9-10H,2-4,8H2,1H3,(H,15,16). The molecule has 21 heavy (non-hydrogen) atoms. The van der Waals surface area contributed by atoms with E-state index in [2.05, 4.69) is 22.3 Å². The van der Waals surface area contributed by atoms with E-state index < -0.39 is 4.92 Å². The van der Waals surface area contributed by atoms with Gasteiger partial charge in [0.05, 0.1) is 10.6 Å². The number of pyridine rings is 1. The summed E-state index contributed by atoms with van der Waals surface area (Å²) in [4.78, 5) is 15.1. The smallest absolute Gasteiger partial charge is 0.313 e. The molecular formula is C14H17N5O2. The molecule has 1 aliphatic carbocycles. The van der Waals surface area contributed by atoms with Crippen molar-refractivity contribution in [3.63, 3.8) is 0 Å². The van der Waals surface area contributed by atoms with Crippen LogP contribution < -0.4 is 5.32 Å². The van der Waals surface area contributed by atoms with Crippen molar-refractivity contribution < 1.29 is 4.92 Å². The molecule has 0 atom stereocenters. The van der Waals surface area contributed by atoms with Crippen LogP contribution in [-0.4, -0.2) is 26.2 Å². The van der Waals surface area contributed by atoms with Crippen molar-refractivity contribution in [2.24, 2.45) is 0 Å². The monoisotopic (exact) mass is 287 g/mol. The first kappa shape index (κ1) is 13.5. The third kappa shape index (κ3) is 2.86. The van der Waals surface area contributed by atoms with Gasteiger partial charge in [-0.05, 0) is 31.4 Å². The van der Waals surface area contributed by atoms with E-state index in [0.717, 1.165) is 31.5 Å². The molecule has 1 N–H and O–H groups in total. The van der Waals surface area contributed by atoms with E-state index in [0.29, 0.717) is 11.7 Å². The number of aromatic nitrogens is 3. The van der Waals surface area contributed by atoms with Gasteiger partial charge in [-0.15, -0.1) is 0 Å². The fourth-order valence-corrected chi connectivity index (χ4v) is 2.16. The Bertz CT molecular complexity index is 663. The third-order valence-corrected chi connectivity index (χ3v) is 3.43. The first-order chi connectivity index (χ1) is 10.2. The Labute approximate surface area is 122 Å². The zero-order chi connectivity index (χ0) is 14.8. The minimum Gasteiger partial charge on any atom is -0.370 e. The highest BCUT2D eigenvalue weighted by molar-refractivity contribution is 5.53. The Morgan fingerprint density at radius 3 is 2.90 bits per heavy atom. The van der Waals surface area contributed by atoms with Crippen molar-refractivity contribution in [1.82, 2.24) is 14.8 Å². The Kier molecular flexibility index (Phi) is 3.55. The number of nitro groups is 1. The Balaban J connectivity index is 1.97. The molecule has 1 aliphatic rings. The van der Waals surface area contributed by atoms with E-state index in [4.69, 9.17) is 0 Å². The van der Waals surface area contributed by atoms with Gasteiger partial charge in [0.2, 0.25) is 5.82 Å². The highest BCUT2D eigenvalue weighted by Crippen LogP contribution is 2.39. The summed E-state index contributed by atoms with van der Waals surface area (Å²) < 4.78 is 1.50. The van der Waals surface area contributed by atoms with E-state index in [1.54, 1.807) is 12.3 Å². The molecule has 1 saturated carbocycles. The first-order valence-electron chi connectivity index (χ1n) is 7.14. The van der Waals surface area contributed by atoms with Crippen LogP contribution in [0.25, 0.3) is 5.82 Å². The molecule has 3 rings (SSSR count). The van der Waals surface area contributed by atoms with Gasteiger partial charge in [0.25, 0.3) is 0 Å². The van der Waals surface area contributed by atoms with Gasteiger partial charge in [0.1, 0.15) is 5.82 Å². The van der Waals surface area contributed by atoms with Gasteiger partial charge in [0, 0.05) is 24.7 Å². The minimum absolute atomic E-state index is 0.0394. The molecule has 0 aromatic carbocycles. The molecule has 0 saturated heterocycles. The van der Waals surface area contributed by atoms with Crippen LogP contribution in [0.3, 0.4) is 0 Å². The van der Waals surface area contributed by atoms with Crippen molar-refractivity contribution in [2.75, 3.05) is 11.9 Å². The molecule has 2 aromatic rings. The lowest BCUT2D eigenvalue weighted by Gasteiger charge is -2.07. The lowest BCUT2D eigenvalue weighted by atomic mass is 10.3. The SMILES string of the molecule is CCCNc1ccc([N+](=O)[O-])c(-n2ccc(C3CC3)n2)n1. The number of rotatable bonds is 6. The van der Waals surface area contributed by atoms with Crippen molar-refractivity contribution in [3.05, 3.63) is 40.2 Å². The first-order valence-corrected chi connectivity index (χ1v) is 7.14. The van der Waals surface area contributed by atoms with Crippen LogP contribution in [0.1, 0.15) is 37.8 Å². The molecule has 7 nitrogen and oxygen atoms in total. The molecule has 0 radical (unpaired) electrons. The Morgan fingerprint density at radius 1 is 1.43 bits per heavy atom. The summed E-state index contributed by atoms with van der Waals surface area (Å²) in [5, 5.41) is 18.7. The average molecular weight is 287 g/mol. The van der Waals surface area contributed by atoms with Crippen molar-refractivity contribution >= 4 is 11.5 Å². The van der Waals surface area contributed by atoms with Crippen LogP contribution in [-0.2, 0) is 0 Å². The molecule has 2 aromatic heterocycles. The Hall–Kier alpha value is -2.44. The van der Waals surface area contributed by atoms with Crippen LogP contribution in [0.5, 0.6) is 0 Å². The summed E-state index contributed by atoms with van der Waals surface area (Å²) in [6.07, 6.45) is 4.99. The topological polar surface area (TPSA) is 85.9 Å². The lowest BCUT2D eigenvalue weighted by Crippen LogP contribution is -2.08. The van der Waals surface area contributed by atoms with Gasteiger partial charge in [-0.2, -0.15) is 5.10 Å². The molecule has 1 fully saturated rings. The highest BCUT2D eigenvalue weighted by atomic mass is 16.6. The number of nitrogens with one attached hydrogen (secondary N) is 1. The molecule has 0 spiro atoms. The van der Waals surface area contributed by atoms with E-state index >= 15 is 0 Å². The van der Waals surface area contributed by atoms with E-state index in [-0.39, 0.29) is 11.5 Å². The van der Waals surface area contributed by atoms with Crippen LogP contribution in [0.2, 0.25) is 0 Å². The van der Waals surface area contributed by atoms with Gasteiger partial charge in [-0.3, -0.25) is 10.1 Å². The maximum atomic E-state index is 11.2. The molecule has 0 bridgehead atoms. The highest BCUT2D eigenvalue weighted by Gasteiger charge is 2.27. The summed E-state index contributed by atoms with van der Waals surface area (Å²) >= 11 is 0. The third-order valence-electron chi connectivity index (χ3n) is 3.43. The number of hydrogen-bond donors (Lipinski definition) is 1. The van der Waals surface area contributed by atoms with Crippen LogP contribution in [0.4, 0.5) is 11.5 Å². The normalized spacial score (nSPS) is 14.1. The lowest BCUT2D eigenvalue weighted by molar-refractivity contribution is -0.384. The molecule has 0 amide bonds. The van der Waals surface area contributed by atoms with Crippen LogP contribution >= 0.6 is 0 Å². The zero-order valence-corrected chi connectivity index (χ0v) is 11.8. The van der Waals surface area contributed by atoms with Crippen molar-refractivity contribution in [2.45, 2.75) is 32.1 Å². The fourth-order valence-electron chi connectivity index (χ4n) is 2.16. The van der Waals surface area contributed by atoms with E-state index in [1.807, 2.05) is 6.07 Å². The number of hydrogen-bond acceptors (Lipinski definition) is 5. The fraction of sp³-hybridized carbons (Fsp3) is 0.429. The maximum absolute atomic E-state index is 11.2. The van der Waals surface area contributed by atoms with Gasteiger partial charge in [0.15, 0.2) is 0 Å². The van der Waals surface area contributed by atoms with Crippen LogP contribution in [0, 0.1) is 10.1 Å². The second-order valence-corrected chi connectivity index (χ2v) is 5.18. The van der Waals surface area contributed by atoms with Gasteiger partial charge < -0.3 is 5.32 Å². The second kappa shape index (κ2) is 5.51. The summed E-state index contributed by atoms with van der Waals surface area (Å²) in [5.74, 6) is 1.39. The van der Waals surface area contributed by atoms with Crippen molar-refractivity contribution in [1.29, 1.82) is 0 Å². The predicted molar refractivity (Wildman–Crippen MR) is 78.8 cm³/mol. The summed E-state index contributed by atoms with van der Waals surface area (Å²) in [6, 6.07) is 5.01. The maximum Gasteiger partial charge on any atom is 0.313 e. The molecule has 110 valence electrons. The Morgan fingerprint density at radius 2 is 2.24 bits per heavy atom. The summed E-state index contributed by atoms with van der Waals surface area (Å²) in [6.45, 7) is 2.82. The molecule has 7 heteroatoms. The minimum atomic E-state index is -0.426. The summed E-state index contributed by atoms with van der Waals surface area (Å²) in [7, 11) is 0. The van der Waals surface area contributed by atoms with Crippen LogP contribution in [0.15, 0.2) is 24.4 Å². The average Bonchev–Trinajstić information content (AvgIpc) is 3.22. The largest absolute Gasteiger partial charge is 0.370 e. The zero-order valence-electron chi connectivity index (χ0n) is 11.8. The van der Waals surface area contributed by atoms with Gasteiger partial charge in [-0.1, -0.05) is 6.92 Å². The molecule has 0 unspecified atom stereocenters. The second-order valence-electron chi connectivity index (χ2n) is 5.18. The molecular weight excluding hydrogens is 270 g/mol. The van der Waals surface area contributed by atoms with E-state index in [1.165, 1.54) is 10.7 Å². The van der Waals surface area contributed by atoms with Gasteiger partial charge >= 0.3 is 5.69 Å².